The van der Waals surface area contributed by atoms with Crippen molar-refractivity contribution >= 4 is 17.4 Å². The maximum absolute atomic E-state index is 12.5. The van der Waals surface area contributed by atoms with E-state index in [4.69, 9.17) is 10.8 Å². The van der Waals surface area contributed by atoms with E-state index < -0.39 is 24.1 Å². The van der Waals surface area contributed by atoms with Crippen LogP contribution in [0.15, 0.2) is 18.3 Å². The molecule has 2 heterocycles. The number of rotatable bonds is 2. The lowest BCUT2D eigenvalue weighted by atomic mass is 10.2. The van der Waals surface area contributed by atoms with Crippen LogP contribution in [0.3, 0.4) is 0 Å². The zero-order valence-electron chi connectivity index (χ0n) is 8.90. The second-order valence-electron chi connectivity index (χ2n) is 3.66. The van der Waals surface area contributed by atoms with Crippen LogP contribution >= 0.6 is 0 Å². The van der Waals surface area contributed by atoms with E-state index in [9.17, 15) is 18.0 Å². The summed E-state index contributed by atoms with van der Waals surface area (Å²) in [5.41, 5.74) is 4.76. The van der Waals surface area contributed by atoms with Crippen molar-refractivity contribution in [1.29, 1.82) is 0 Å². The number of fused-ring (bicyclic) bond motifs is 1. The topological polar surface area (TPSA) is 80.6 Å². The van der Waals surface area contributed by atoms with Crippen LogP contribution in [-0.4, -0.2) is 20.5 Å². The molecule has 0 unspecified atom stereocenters. The molecule has 0 saturated heterocycles. The van der Waals surface area contributed by atoms with Gasteiger partial charge in [0.1, 0.15) is 11.5 Å². The van der Waals surface area contributed by atoms with Crippen LogP contribution in [0.25, 0.3) is 5.65 Å². The van der Waals surface area contributed by atoms with Gasteiger partial charge in [-0.3, -0.25) is 9.20 Å². The van der Waals surface area contributed by atoms with Crippen LogP contribution < -0.4 is 5.73 Å². The molecule has 0 fully saturated rings. The number of nitrogens with zero attached hydrogens (tertiary/aromatic N) is 2. The number of alkyl halides is 3. The van der Waals surface area contributed by atoms with Crippen molar-refractivity contribution in [1.82, 2.24) is 9.38 Å². The van der Waals surface area contributed by atoms with Gasteiger partial charge in [-0.15, -0.1) is 0 Å². The van der Waals surface area contributed by atoms with Crippen LogP contribution in [0.4, 0.5) is 19.0 Å². The molecule has 0 atom stereocenters. The number of carboxylic acid groups (broad SMARTS) is 1. The number of aliphatic carboxylic acids is 1. The Morgan fingerprint density at radius 3 is 2.72 bits per heavy atom. The van der Waals surface area contributed by atoms with Gasteiger partial charge >= 0.3 is 12.1 Å². The van der Waals surface area contributed by atoms with Crippen molar-refractivity contribution in [2.45, 2.75) is 12.6 Å². The Bertz CT molecular complexity index is 619. The van der Waals surface area contributed by atoms with Crippen molar-refractivity contribution in [3.05, 3.63) is 29.6 Å². The molecule has 18 heavy (non-hydrogen) atoms. The quantitative estimate of drug-likeness (QED) is 0.857. The predicted molar refractivity (Wildman–Crippen MR) is 55.9 cm³/mol. The normalized spacial score (nSPS) is 11.9. The van der Waals surface area contributed by atoms with Gasteiger partial charge in [-0.05, 0) is 12.1 Å². The van der Waals surface area contributed by atoms with Gasteiger partial charge in [-0.2, -0.15) is 13.2 Å². The van der Waals surface area contributed by atoms with Gasteiger partial charge in [0.25, 0.3) is 0 Å². The minimum atomic E-state index is -4.48. The largest absolute Gasteiger partial charge is 0.481 e. The van der Waals surface area contributed by atoms with Crippen LogP contribution in [0.1, 0.15) is 11.3 Å². The minimum Gasteiger partial charge on any atom is -0.481 e. The maximum atomic E-state index is 12.5. The Balaban J connectivity index is 2.55. The number of carboxylic acids is 1. The van der Waals surface area contributed by atoms with E-state index in [0.29, 0.717) is 0 Å². The van der Waals surface area contributed by atoms with Crippen molar-refractivity contribution in [3.63, 3.8) is 0 Å². The first-order valence-corrected chi connectivity index (χ1v) is 4.84. The zero-order valence-corrected chi connectivity index (χ0v) is 8.90. The highest BCUT2D eigenvalue weighted by Crippen LogP contribution is 2.30. The Morgan fingerprint density at radius 2 is 2.17 bits per heavy atom. The fraction of sp³-hybridized carbons (Fsp3) is 0.200. The number of hydrogen-bond donors (Lipinski definition) is 2. The predicted octanol–water partition coefficient (Wildman–Crippen LogP) is 1.56. The molecule has 0 aliphatic heterocycles. The van der Waals surface area contributed by atoms with E-state index in [0.717, 1.165) is 18.3 Å². The van der Waals surface area contributed by atoms with E-state index in [1.807, 2.05) is 0 Å². The van der Waals surface area contributed by atoms with Crippen molar-refractivity contribution < 1.29 is 23.1 Å². The lowest BCUT2D eigenvalue weighted by Crippen LogP contribution is -2.06. The summed E-state index contributed by atoms with van der Waals surface area (Å²) in [6.07, 6.45) is -3.80. The molecule has 8 heteroatoms. The lowest BCUT2D eigenvalue weighted by molar-refractivity contribution is -0.138. The summed E-state index contributed by atoms with van der Waals surface area (Å²) < 4.78 is 38.6. The highest BCUT2D eigenvalue weighted by molar-refractivity contribution is 5.72. The molecule has 2 aromatic rings. The monoisotopic (exact) mass is 259 g/mol. The van der Waals surface area contributed by atoms with E-state index in [1.54, 1.807) is 0 Å². The number of aromatic nitrogens is 2. The molecule has 5 nitrogen and oxygen atoms in total. The lowest BCUT2D eigenvalue weighted by Gasteiger charge is -2.06. The molecule has 2 rings (SSSR count). The smallest absolute Gasteiger partial charge is 0.416 e. The van der Waals surface area contributed by atoms with E-state index in [2.05, 4.69) is 4.98 Å². The molecule has 0 saturated carbocycles. The van der Waals surface area contributed by atoms with Crippen molar-refractivity contribution in [3.8, 4) is 0 Å². The Hall–Kier alpha value is -2.25. The summed E-state index contributed by atoms with van der Waals surface area (Å²) in [6.45, 7) is 0. The summed E-state index contributed by atoms with van der Waals surface area (Å²) in [6, 6.07) is 1.68. The Labute approximate surface area is 98.7 Å². The van der Waals surface area contributed by atoms with Gasteiger partial charge in [0.05, 0.1) is 17.7 Å². The first-order valence-electron chi connectivity index (χ1n) is 4.84. The van der Waals surface area contributed by atoms with Crippen molar-refractivity contribution in [2.24, 2.45) is 0 Å². The Kier molecular flexibility index (Phi) is 2.64. The van der Waals surface area contributed by atoms with E-state index in [1.165, 1.54) is 4.40 Å². The molecule has 0 radical (unpaired) electrons. The number of imidazole rings is 1. The number of hydrogen-bond acceptors (Lipinski definition) is 3. The number of pyridine rings is 1. The maximum Gasteiger partial charge on any atom is 0.416 e. The molecule has 0 bridgehead atoms. The van der Waals surface area contributed by atoms with Crippen molar-refractivity contribution in [2.75, 3.05) is 5.73 Å². The molecule has 0 aromatic carbocycles. The minimum absolute atomic E-state index is 0.0288. The third kappa shape index (κ3) is 2.08. The fourth-order valence-corrected chi connectivity index (χ4v) is 1.56. The third-order valence-corrected chi connectivity index (χ3v) is 2.39. The van der Waals surface area contributed by atoms with Gasteiger partial charge in [0, 0.05) is 6.20 Å². The van der Waals surface area contributed by atoms with Crippen LogP contribution in [0.2, 0.25) is 0 Å². The first kappa shape index (κ1) is 12.2. The standard InChI is InChI=1S/C10H8F3N3O2/c11-10(12,13)5-1-2-16-7(3-5)15-6(9(16)14)4-8(17)18/h1-3H,4,14H2,(H,17,18). The number of nitrogen functional groups attached to an aromatic ring is 1. The molecule has 0 amide bonds. The third-order valence-electron chi connectivity index (χ3n) is 2.39. The Morgan fingerprint density at radius 1 is 1.50 bits per heavy atom. The molecule has 0 aliphatic rings. The molecule has 0 aliphatic carbocycles. The first-order chi connectivity index (χ1) is 8.29. The molecule has 2 aromatic heterocycles. The SMILES string of the molecule is Nc1c(CC(=O)O)nc2cc(C(F)(F)F)ccn12. The van der Waals surface area contributed by atoms with Crippen LogP contribution in [-0.2, 0) is 17.4 Å². The van der Waals surface area contributed by atoms with Gasteiger partial charge in [-0.25, -0.2) is 4.98 Å². The summed E-state index contributed by atoms with van der Waals surface area (Å²) in [7, 11) is 0. The fourth-order valence-electron chi connectivity index (χ4n) is 1.56. The molecule has 3 N–H and O–H groups in total. The van der Waals surface area contributed by atoms with Gasteiger partial charge < -0.3 is 10.8 Å². The van der Waals surface area contributed by atoms with Gasteiger partial charge in [-0.1, -0.05) is 0 Å². The molecule has 0 spiro atoms. The number of nitrogens with two attached hydrogens (primary N) is 1. The van der Waals surface area contributed by atoms with Crippen LogP contribution in [0.5, 0.6) is 0 Å². The zero-order chi connectivity index (χ0) is 13.5. The van der Waals surface area contributed by atoms with Gasteiger partial charge in [0.2, 0.25) is 0 Å². The highest BCUT2D eigenvalue weighted by atomic mass is 19.4. The molecule has 96 valence electrons. The number of halogens is 3. The average Bonchev–Trinajstić information content (AvgIpc) is 2.53. The summed E-state index contributed by atoms with van der Waals surface area (Å²) in [5, 5.41) is 8.62. The average molecular weight is 259 g/mol. The second-order valence-corrected chi connectivity index (χ2v) is 3.66. The summed E-state index contributed by atoms with van der Waals surface area (Å²) >= 11 is 0. The summed E-state index contributed by atoms with van der Waals surface area (Å²) in [5.74, 6) is -1.12. The molecular weight excluding hydrogens is 251 g/mol. The number of anilines is 1. The van der Waals surface area contributed by atoms with Gasteiger partial charge in [0.15, 0.2) is 0 Å². The second kappa shape index (κ2) is 3.90. The van der Waals surface area contributed by atoms with E-state index in [-0.39, 0.29) is 17.2 Å². The highest BCUT2D eigenvalue weighted by Gasteiger charge is 2.31. The molecular formula is C10H8F3N3O2. The van der Waals surface area contributed by atoms with E-state index >= 15 is 0 Å². The van der Waals surface area contributed by atoms with Crippen LogP contribution in [0, 0.1) is 0 Å². The number of carbonyl (C=O) groups is 1. The summed E-state index contributed by atoms with van der Waals surface area (Å²) in [4.78, 5) is 14.3.